The molecule has 0 aromatic carbocycles. The fourth-order valence-electron chi connectivity index (χ4n) is 1.01. The van der Waals surface area contributed by atoms with Gasteiger partial charge in [0.05, 0.1) is 11.8 Å². The van der Waals surface area contributed by atoms with Crippen molar-refractivity contribution in [1.82, 2.24) is 4.90 Å². The van der Waals surface area contributed by atoms with Crippen molar-refractivity contribution < 1.29 is 9.59 Å². The van der Waals surface area contributed by atoms with Crippen LogP contribution in [0.1, 0.15) is 20.3 Å². The molecule has 1 rings (SSSR count). The van der Waals surface area contributed by atoms with Crippen molar-refractivity contribution in [3.8, 4) is 0 Å². The Morgan fingerprint density at radius 1 is 1.38 bits per heavy atom. The van der Waals surface area contributed by atoms with Gasteiger partial charge in [-0.05, 0) is 6.42 Å². The zero-order valence-corrected chi connectivity index (χ0v) is 8.04. The van der Waals surface area contributed by atoms with Crippen LogP contribution in [0.15, 0.2) is 0 Å². The second kappa shape index (κ2) is 3.36. The summed E-state index contributed by atoms with van der Waals surface area (Å²) in [5.41, 5.74) is 4.30. The highest BCUT2D eigenvalue weighted by Gasteiger charge is 2.32. The Morgan fingerprint density at radius 3 is 2.23 bits per heavy atom. The number of nitrogens with zero attached hydrogens (tertiary/aromatic N) is 1. The van der Waals surface area contributed by atoms with Gasteiger partial charge < -0.3 is 10.6 Å². The van der Waals surface area contributed by atoms with Gasteiger partial charge in [-0.2, -0.15) is 0 Å². The predicted molar refractivity (Wildman–Crippen MR) is 48.5 cm³/mol. The molecular weight excluding hydrogens is 168 g/mol. The third kappa shape index (κ3) is 2.20. The van der Waals surface area contributed by atoms with Crippen molar-refractivity contribution in [2.24, 2.45) is 11.1 Å². The Labute approximate surface area is 78.1 Å². The van der Waals surface area contributed by atoms with E-state index >= 15 is 0 Å². The van der Waals surface area contributed by atoms with Gasteiger partial charge in [0.15, 0.2) is 0 Å². The van der Waals surface area contributed by atoms with Gasteiger partial charge >= 0.3 is 0 Å². The number of rotatable bonds is 3. The van der Waals surface area contributed by atoms with Crippen molar-refractivity contribution in [2.75, 3.05) is 13.1 Å². The summed E-state index contributed by atoms with van der Waals surface area (Å²) >= 11 is 0. The zero-order valence-electron chi connectivity index (χ0n) is 8.04. The molecule has 0 atom stereocenters. The molecule has 0 aromatic rings. The van der Waals surface area contributed by atoms with Gasteiger partial charge in [0.1, 0.15) is 0 Å². The van der Waals surface area contributed by atoms with Crippen molar-refractivity contribution in [2.45, 2.75) is 20.3 Å². The highest BCUT2D eigenvalue weighted by Crippen LogP contribution is 2.21. The molecule has 0 aliphatic carbocycles. The normalized spacial score (nSPS) is 16.6. The van der Waals surface area contributed by atoms with Gasteiger partial charge in [-0.3, -0.25) is 9.59 Å². The standard InChI is InChI=1S/C9H15N2O2/c1-9(2,8(10)13)6-7(12)11-4-3-5-11/h6H,3-5H2,1-2H3,(H2,10,13). The highest BCUT2D eigenvalue weighted by molar-refractivity contribution is 5.94. The third-order valence-corrected chi connectivity index (χ3v) is 2.29. The first kappa shape index (κ1) is 10.0. The fourth-order valence-corrected chi connectivity index (χ4v) is 1.01. The minimum absolute atomic E-state index is 0.0879. The minimum atomic E-state index is -0.841. The molecule has 13 heavy (non-hydrogen) atoms. The molecule has 4 nitrogen and oxygen atoms in total. The van der Waals surface area contributed by atoms with Gasteiger partial charge in [0.2, 0.25) is 11.8 Å². The Morgan fingerprint density at radius 2 is 1.92 bits per heavy atom. The van der Waals surface area contributed by atoms with Crippen LogP contribution in [0.5, 0.6) is 0 Å². The van der Waals surface area contributed by atoms with Crippen LogP contribution >= 0.6 is 0 Å². The molecule has 0 saturated carbocycles. The number of hydrogen-bond donors (Lipinski definition) is 1. The highest BCUT2D eigenvalue weighted by atomic mass is 16.2. The molecule has 4 heteroatoms. The van der Waals surface area contributed by atoms with Gasteiger partial charge in [0.25, 0.3) is 0 Å². The molecule has 1 heterocycles. The number of primary amides is 1. The quantitative estimate of drug-likeness (QED) is 0.666. The SMILES string of the molecule is CC(C)([CH]C(=O)N1CCC1)C(N)=O. The maximum Gasteiger partial charge on any atom is 0.227 e. The Bertz CT molecular complexity index is 232. The number of amides is 2. The number of hydrogen-bond acceptors (Lipinski definition) is 2. The molecule has 0 unspecified atom stereocenters. The largest absolute Gasteiger partial charge is 0.369 e. The lowest BCUT2D eigenvalue weighted by molar-refractivity contribution is -0.135. The molecule has 73 valence electrons. The summed E-state index contributed by atoms with van der Waals surface area (Å²) in [6.07, 6.45) is 2.45. The summed E-state index contributed by atoms with van der Waals surface area (Å²) in [5.74, 6) is -0.559. The lowest BCUT2D eigenvalue weighted by Crippen LogP contribution is -2.46. The van der Waals surface area contributed by atoms with Crippen molar-refractivity contribution in [3.05, 3.63) is 6.42 Å². The van der Waals surface area contributed by atoms with Crippen LogP contribution < -0.4 is 5.73 Å². The molecule has 1 saturated heterocycles. The lowest BCUT2D eigenvalue weighted by Gasteiger charge is -2.33. The van der Waals surface area contributed by atoms with Gasteiger partial charge in [-0.25, -0.2) is 0 Å². The molecule has 0 aromatic heterocycles. The fraction of sp³-hybridized carbons (Fsp3) is 0.667. The number of carbonyl (C=O) groups is 2. The van der Waals surface area contributed by atoms with E-state index in [2.05, 4.69) is 0 Å². The van der Waals surface area contributed by atoms with E-state index in [0.29, 0.717) is 0 Å². The minimum Gasteiger partial charge on any atom is -0.369 e. The Hall–Kier alpha value is -1.06. The van der Waals surface area contributed by atoms with Gasteiger partial charge in [-0.1, -0.05) is 13.8 Å². The van der Waals surface area contributed by atoms with Crippen LogP contribution in [0.4, 0.5) is 0 Å². The van der Waals surface area contributed by atoms with Crippen LogP contribution in [0.25, 0.3) is 0 Å². The smallest absolute Gasteiger partial charge is 0.227 e. The van der Waals surface area contributed by atoms with E-state index in [4.69, 9.17) is 5.73 Å². The second-order valence-electron chi connectivity index (χ2n) is 3.91. The average molecular weight is 183 g/mol. The molecule has 1 aliphatic rings. The molecule has 2 N–H and O–H groups in total. The lowest BCUT2D eigenvalue weighted by atomic mass is 9.87. The first-order valence-electron chi connectivity index (χ1n) is 4.38. The van der Waals surface area contributed by atoms with Gasteiger partial charge in [-0.15, -0.1) is 0 Å². The topological polar surface area (TPSA) is 63.4 Å². The summed E-state index contributed by atoms with van der Waals surface area (Å²) in [6.45, 7) is 4.88. The third-order valence-electron chi connectivity index (χ3n) is 2.29. The van der Waals surface area contributed by atoms with Crippen molar-refractivity contribution >= 4 is 11.8 Å². The van der Waals surface area contributed by atoms with Crippen molar-refractivity contribution in [3.63, 3.8) is 0 Å². The van der Waals surface area contributed by atoms with E-state index in [0.717, 1.165) is 19.5 Å². The van der Waals surface area contributed by atoms with E-state index in [9.17, 15) is 9.59 Å². The first-order chi connectivity index (χ1) is 5.93. The number of likely N-dealkylation sites (tertiary alicyclic amines) is 1. The molecular formula is C9H15N2O2. The van der Waals surface area contributed by atoms with Crippen LogP contribution in [0.3, 0.4) is 0 Å². The van der Waals surface area contributed by atoms with Gasteiger partial charge in [0, 0.05) is 13.1 Å². The van der Waals surface area contributed by atoms with E-state index in [1.54, 1.807) is 18.7 Å². The number of nitrogens with two attached hydrogens (primary N) is 1. The Kier molecular flexibility index (Phi) is 2.59. The summed E-state index contributed by atoms with van der Waals surface area (Å²) in [7, 11) is 0. The molecule has 2 amide bonds. The monoisotopic (exact) mass is 183 g/mol. The summed E-state index contributed by atoms with van der Waals surface area (Å²) in [5, 5.41) is 0. The van der Waals surface area contributed by atoms with Crippen LogP contribution in [-0.2, 0) is 9.59 Å². The van der Waals surface area contributed by atoms with Crippen LogP contribution in [0.2, 0.25) is 0 Å². The number of carbonyl (C=O) groups excluding carboxylic acids is 2. The Balaban J connectivity index is 2.46. The average Bonchev–Trinajstić information content (AvgIpc) is 1.80. The molecule has 1 aliphatic heterocycles. The van der Waals surface area contributed by atoms with E-state index in [1.165, 1.54) is 6.42 Å². The van der Waals surface area contributed by atoms with Crippen molar-refractivity contribution in [1.29, 1.82) is 0 Å². The zero-order chi connectivity index (χ0) is 10.1. The van der Waals surface area contributed by atoms with Crippen LogP contribution in [-0.4, -0.2) is 29.8 Å². The molecule has 0 bridgehead atoms. The van der Waals surface area contributed by atoms with E-state index in [-0.39, 0.29) is 5.91 Å². The molecule has 0 spiro atoms. The molecule has 1 fully saturated rings. The summed E-state index contributed by atoms with van der Waals surface area (Å²) < 4.78 is 0. The molecule has 1 radical (unpaired) electrons. The summed E-state index contributed by atoms with van der Waals surface area (Å²) in [6, 6.07) is 0. The second-order valence-corrected chi connectivity index (χ2v) is 3.91. The predicted octanol–water partition coefficient (Wildman–Crippen LogP) is -0.0655. The maximum absolute atomic E-state index is 11.4. The van der Waals surface area contributed by atoms with E-state index < -0.39 is 11.3 Å². The maximum atomic E-state index is 11.4. The van der Waals surface area contributed by atoms with Crippen LogP contribution in [0, 0.1) is 11.8 Å². The van der Waals surface area contributed by atoms with E-state index in [1.807, 2.05) is 0 Å². The summed E-state index contributed by atoms with van der Waals surface area (Å²) in [4.78, 5) is 24.0. The first-order valence-corrected chi connectivity index (χ1v) is 4.38.